The maximum atomic E-state index is 5.76. The zero-order valence-corrected chi connectivity index (χ0v) is 19.4. The number of ether oxygens (including phenoxy) is 1. The first-order chi connectivity index (χ1) is 15.8. The minimum Gasteiger partial charge on any atom is -0.497 e. The van der Waals surface area contributed by atoms with Gasteiger partial charge in [0.15, 0.2) is 5.96 Å². The SMILES string of the molecule is CN=C(NCC(c1cccc(OC)c1)N1CCCC1)NCC(c1ccco1)N1CCCC1. The summed E-state index contributed by atoms with van der Waals surface area (Å²) in [5, 5.41) is 7.13. The van der Waals surface area contributed by atoms with Crippen molar-refractivity contribution in [3.05, 3.63) is 54.0 Å². The lowest BCUT2D eigenvalue weighted by Gasteiger charge is -2.30. The Hall–Kier alpha value is -2.51. The van der Waals surface area contributed by atoms with E-state index in [0.29, 0.717) is 0 Å². The number of aliphatic imine (C=N–C) groups is 1. The van der Waals surface area contributed by atoms with Crippen LogP contribution < -0.4 is 15.4 Å². The van der Waals surface area contributed by atoms with Crippen LogP contribution in [0.5, 0.6) is 5.75 Å². The zero-order valence-electron chi connectivity index (χ0n) is 19.4. The molecule has 2 atom stereocenters. The number of furan rings is 1. The van der Waals surface area contributed by atoms with E-state index >= 15 is 0 Å². The van der Waals surface area contributed by atoms with E-state index in [4.69, 9.17) is 9.15 Å². The van der Waals surface area contributed by atoms with Crippen LogP contribution in [0.1, 0.15) is 49.1 Å². The summed E-state index contributed by atoms with van der Waals surface area (Å²) in [4.78, 5) is 9.56. The molecule has 1 aromatic carbocycles. The van der Waals surface area contributed by atoms with Gasteiger partial charge in [-0.2, -0.15) is 0 Å². The van der Waals surface area contributed by atoms with E-state index in [0.717, 1.165) is 56.7 Å². The van der Waals surface area contributed by atoms with Crippen molar-refractivity contribution in [2.75, 3.05) is 53.4 Å². The molecule has 0 spiro atoms. The summed E-state index contributed by atoms with van der Waals surface area (Å²) in [5.74, 6) is 2.75. The third-order valence-electron chi connectivity index (χ3n) is 6.66. The maximum Gasteiger partial charge on any atom is 0.191 e. The lowest BCUT2D eigenvalue weighted by atomic mass is 10.1. The van der Waals surface area contributed by atoms with Gasteiger partial charge in [0.1, 0.15) is 11.5 Å². The van der Waals surface area contributed by atoms with E-state index in [9.17, 15) is 0 Å². The van der Waals surface area contributed by atoms with Gasteiger partial charge >= 0.3 is 0 Å². The van der Waals surface area contributed by atoms with Crippen molar-refractivity contribution in [1.29, 1.82) is 0 Å². The van der Waals surface area contributed by atoms with Crippen LogP contribution in [-0.4, -0.2) is 69.2 Å². The number of hydrogen-bond acceptors (Lipinski definition) is 5. The first-order valence-corrected chi connectivity index (χ1v) is 11.9. The van der Waals surface area contributed by atoms with Gasteiger partial charge < -0.3 is 19.8 Å². The van der Waals surface area contributed by atoms with Crippen LogP contribution >= 0.6 is 0 Å². The molecule has 3 heterocycles. The largest absolute Gasteiger partial charge is 0.497 e. The molecule has 1 aromatic heterocycles. The van der Waals surface area contributed by atoms with Gasteiger partial charge in [-0.15, -0.1) is 0 Å². The molecule has 7 nitrogen and oxygen atoms in total. The molecule has 2 unspecified atom stereocenters. The van der Waals surface area contributed by atoms with Gasteiger partial charge in [-0.05, 0) is 81.7 Å². The highest BCUT2D eigenvalue weighted by atomic mass is 16.5. The summed E-state index contributed by atoms with van der Waals surface area (Å²) < 4.78 is 11.2. The Labute approximate surface area is 191 Å². The van der Waals surface area contributed by atoms with Crippen molar-refractivity contribution in [1.82, 2.24) is 20.4 Å². The predicted molar refractivity (Wildman–Crippen MR) is 128 cm³/mol. The fourth-order valence-corrected chi connectivity index (χ4v) is 4.91. The molecule has 2 aliphatic rings. The van der Waals surface area contributed by atoms with Crippen LogP contribution in [0.15, 0.2) is 52.1 Å². The highest BCUT2D eigenvalue weighted by Crippen LogP contribution is 2.27. The standard InChI is InChI=1S/C25H37N5O2/c1-26-25(28-19-23(24-11-8-16-32-24)30-14-5-6-15-30)27-18-22(29-12-3-4-13-29)20-9-7-10-21(17-20)31-2/h7-11,16-17,22-23H,3-6,12-15,18-19H2,1-2H3,(H2,26,27,28). The lowest BCUT2D eigenvalue weighted by Crippen LogP contribution is -2.45. The van der Waals surface area contributed by atoms with Gasteiger partial charge in [-0.25, -0.2) is 0 Å². The number of guanidine groups is 1. The van der Waals surface area contributed by atoms with Crippen LogP contribution in [0.25, 0.3) is 0 Å². The Kier molecular flexibility index (Phi) is 8.07. The quantitative estimate of drug-likeness (QED) is 0.461. The molecule has 7 heteroatoms. The number of methoxy groups -OCH3 is 1. The summed E-state index contributed by atoms with van der Waals surface area (Å²) in [7, 11) is 3.56. The number of rotatable bonds is 9. The number of nitrogens with one attached hydrogen (secondary N) is 2. The van der Waals surface area contributed by atoms with Crippen molar-refractivity contribution in [2.45, 2.75) is 37.8 Å². The number of likely N-dealkylation sites (tertiary alicyclic amines) is 2. The third-order valence-corrected chi connectivity index (χ3v) is 6.66. The second-order valence-electron chi connectivity index (χ2n) is 8.64. The molecule has 174 valence electrons. The number of benzene rings is 1. The molecule has 4 rings (SSSR count). The number of nitrogens with zero attached hydrogens (tertiary/aromatic N) is 3. The molecule has 2 N–H and O–H groups in total. The second kappa shape index (κ2) is 11.4. The molecule has 0 saturated carbocycles. The van der Waals surface area contributed by atoms with Crippen LogP contribution in [0.4, 0.5) is 0 Å². The summed E-state index contributed by atoms with van der Waals surface area (Å²) >= 11 is 0. The van der Waals surface area contributed by atoms with Gasteiger partial charge in [0, 0.05) is 20.1 Å². The predicted octanol–water partition coefficient (Wildman–Crippen LogP) is 3.43. The summed E-state index contributed by atoms with van der Waals surface area (Å²) in [6.07, 6.45) is 6.78. The van der Waals surface area contributed by atoms with E-state index in [2.05, 4.69) is 49.7 Å². The fourth-order valence-electron chi connectivity index (χ4n) is 4.91. The molecule has 2 fully saturated rings. The minimum atomic E-state index is 0.221. The molecule has 0 amide bonds. The van der Waals surface area contributed by atoms with Gasteiger partial charge in [-0.1, -0.05) is 12.1 Å². The lowest BCUT2D eigenvalue weighted by molar-refractivity contribution is 0.215. The van der Waals surface area contributed by atoms with Crippen molar-refractivity contribution >= 4 is 5.96 Å². The van der Waals surface area contributed by atoms with E-state index in [1.54, 1.807) is 13.4 Å². The average molecular weight is 440 g/mol. The first-order valence-electron chi connectivity index (χ1n) is 11.9. The summed E-state index contributed by atoms with van der Waals surface area (Å²) in [6.45, 7) is 6.05. The van der Waals surface area contributed by atoms with E-state index < -0.39 is 0 Å². The topological polar surface area (TPSA) is 65.3 Å². The minimum absolute atomic E-state index is 0.221. The molecule has 32 heavy (non-hydrogen) atoms. The molecule has 0 aliphatic carbocycles. The maximum absolute atomic E-state index is 5.76. The van der Waals surface area contributed by atoms with E-state index in [1.165, 1.54) is 31.2 Å². The van der Waals surface area contributed by atoms with Crippen molar-refractivity contribution in [3.8, 4) is 5.75 Å². The Bertz CT molecular complexity index is 842. The average Bonchev–Trinajstić information content (AvgIpc) is 3.62. The number of hydrogen-bond donors (Lipinski definition) is 2. The molecule has 2 saturated heterocycles. The van der Waals surface area contributed by atoms with Gasteiger partial charge in [0.2, 0.25) is 0 Å². The normalized spacial score (nSPS) is 19.8. The van der Waals surface area contributed by atoms with Crippen molar-refractivity contribution < 1.29 is 9.15 Å². The molecule has 0 radical (unpaired) electrons. The van der Waals surface area contributed by atoms with Crippen molar-refractivity contribution in [3.63, 3.8) is 0 Å². The van der Waals surface area contributed by atoms with Gasteiger partial charge in [0.05, 0.1) is 25.5 Å². The van der Waals surface area contributed by atoms with Crippen LogP contribution in [0.2, 0.25) is 0 Å². The van der Waals surface area contributed by atoms with E-state index in [1.807, 2.05) is 19.2 Å². The van der Waals surface area contributed by atoms with Crippen molar-refractivity contribution in [2.24, 2.45) is 4.99 Å². The smallest absolute Gasteiger partial charge is 0.191 e. The monoisotopic (exact) mass is 439 g/mol. The highest BCUT2D eigenvalue weighted by Gasteiger charge is 2.27. The van der Waals surface area contributed by atoms with Gasteiger partial charge in [-0.3, -0.25) is 14.8 Å². The molecule has 0 bridgehead atoms. The van der Waals surface area contributed by atoms with Crippen LogP contribution in [0, 0.1) is 0 Å². The Morgan fingerprint density at radius 3 is 2.22 bits per heavy atom. The fraction of sp³-hybridized carbons (Fsp3) is 0.560. The highest BCUT2D eigenvalue weighted by molar-refractivity contribution is 5.79. The Morgan fingerprint density at radius 1 is 0.969 bits per heavy atom. The molecular formula is C25H37N5O2. The van der Waals surface area contributed by atoms with Gasteiger partial charge in [0.25, 0.3) is 0 Å². The molecule has 2 aliphatic heterocycles. The second-order valence-corrected chi connectivity index (χ2v) is 8.64. The van der Waals surface area contributed by atoms with E-state index in [-0.39, 0.29) is 12.1 Å². The summed E-state index contributed by atoms with van der Waals surface area (Å²) in [6, 6.07) is 13.0. The Morgan fingerprint density at radius 2 is 1.62 bits per heavy atom. The molecular weight excluding hydrogens is 402 g/mol. The summed E-state index contributed by atoms with van der Waals surface area (Å²) in [5.41, 5.74) is 1.28. The third kappa shape index (κ3) is 5.64. The molecule has 2 aromatic rings. The van der Waals surface area contributed by atoms with Crippen LogP contribution in [-0.2, 0) is 0 Å². The first kappa shape index (κ1) is 22.7. The zero-order chi connectivity index (χ0) is 22.2. The Balaban J connectivity index is 1.40. The van der Waals surface area contributed by atoms with Crippen LogP contribution in [0.3, 0.4) is 0 Å².